The Morgan fingerprint density at radius 2 is 1.50 bits per heavy atom. The van der Waals surface area contributed by atoms with E-state index in [2.05, 4.69) is 9.47 Å². The highest BCUT2D eigenvalue weighted by Crippen LogP contribution is 2.33. The highest BCUT2D eigenvalue weighted by atomic mass is 19.4. The molecule has 0 amide bonds. The highest BCUT2D eigenvalue weighted by molar-refractivity contribution is 5.81. The molecule has 0 unspecified atom stereocenters. The van der Waals surface area contributed by atoms with Crippen LogP contribution >= 0.6 is 0 Å². The summed E-state index contributed by atoms with van der Waals surface area (Å²) in [5.41, 5.74) is -0.339. The van der Waals surface area contributed by atoms with Gasteiger partial charge in [-0.3, -0.25) is 4.79 Å². The number of alkyl halides is 6. The van der Waals surface area contributed by atoms with Crippen LogP contribution in [0.4, 0.5) is 26.3 Å². The molecule has 0 spiro atoms. The summed E-state index contributed by atoms with van der Waals surface area (Å²) in [5, 5.41) is 0. The first-order valence-electron chi connectivity index (χ1n) is 5.09. The second-order valence-electron chi connectivity index (χ2n) is 3.60. The molecule has 9 heteroatoms. The van der Waals surface area contributed by atoms with Gasteiger partial charge in [0.25, 0.3) is 0 Å². The van der Waals surface area contributed by atoms with Crippen LogP contribution in [-0.2, 0) is 0 Å². The summed E-state index contributed by atoms with van der Waals surface area (Å²) in [7, 11) is 0. The number of carbonyl (C=O) groups excluding carboxylic acids is 1. The fourth-order valence-corrected chi connectivity index (χ4v) is 1.21. The van der Waals surface area contributed by atoms with E-state index < -0.39 is 37.1 Å². The number of halogens is 6. The first-order chi connectivity index (χ1) is 9.12. The van der Waals surface area contributed by atoms with Crippen molar-refractivity contribution in [3.63, 3.8) is 0 Å². The van der Waals surface area contributed by atoms with E-state index in [1.54, 1.807) is 0 Å². The number of hydrogen-bond acceptors (Lipinski definition) is 3. The largest absolute Gasteiger partial charge is 0.480 e. The molecule has 112 valence electrons. The molecule has 0 aliphatic rings. The number of aldehydes is 1. The zero-order valence-corrected chi connectivity index (χ0v) is 9.72. The molecule has 0 aliphatic heterocycles. The minimum absolute atomic E-state index is 0.159. The van der Waals surface area contributed by atoms with Crippen LogP contribution in [0.5, 0.6) is 11.5 Å². The van der Waals surface area contributed by atoms with Gasteiger partial charge in [-0.1, -0.05) is 6.07 Å². The lowest BCUT2D eigenvalue weighted by Gasteiger charge is -2.16. The highest BCUT2D eigenvalue weighted by Gasteiger charge is 2.31. The van der Waals surface area contributed by atoms with Crippen molar-refractivity contribution >= 4 is 6.29 Å². The van der Waals surface area contributed by atoms with E-state index >= 15 is 0 Å². The predicted molar refractivity (Wildman–Crippen MR) is 54.9 cm³/mol. The maximum absolute atomic E-state index is 12.0. The Labute approximate surface area is 109 Å². The van der Waals surface area contributed by atoms with Crippen LogP contribution in [0.1, 0.15) is 10.4 Å². The van der Waals surface area contributed by atoms with Gasteiger partial charge in [0.2, 0.25) is 0 Å². The first-order valence-corrected chi connectivity index (χ1v) is 5.09. The van der Waals surface area contributed by atoms with Crippen molar-refractivity contribution in [3.05, 3.63) is 23.8 Å². The zero-order valence-electron chi connectivity index (χ0n) is 9.72. The van der Waals surface area contributed by atoms with Crippen molar-refractivity contribution in [2.75, 3.05) is 13.2 Å². The van der Waals surface area contributed by atoms with E-state index in [0.717, 1.165) is 18.2 Å². The van der Waals surface area contributed by atoms with Crippen LogP contribution in [-0.4, -0.2) is 31.9 Å². The monoisotopic (exact) mass is 302 g/mol. The molecule has 1 aromatic carbocycles. The Bertz CT molecular complexity index is 466. The van der Waals surface area contributed by atoms with Crippen LogP contribution in [0, 0.1) is 0 Å². The van der Waals surface area contributed by atoms with Crippen molar-refractivity contribution in [2.24, 2.45) is 0 Å². The van der Waals surface area contributed by atoms with Gasteiger partial charge < -0.3 is 9.47 Å². The summed E-state index contributed by atoms with van der Waals surface area (Å²) in [6.07, 6.45) is -9.21. The van der Waals surface area contributed by atoms with Gasteiger partial charge in [-0.05, 0) is 12.1 Å². The Morgan fingerprint density at radius 1 is 0.950 bits per heavy atom. The van der Waals surface area contributed by atoms with Crippen LogP contribution in [0.25, 0.3) is 0 Å². The number of carbonyl (C=O) groups is 1. The Hall–Kier alpha value is -1.93. The van der Waals surface area contributed by atoms with Crippen LogP contribution in [0.15, 0.2) is 18.2 Å². The maximum atomic E-state index is 12.0. The molecule has 0 heterocycles. The quantitative estimate of drug-likeness (QED) is 0.618. The molecule has 3 nitrogen and oxygen atoms in total. The maximum Gasteiger partial charge on any atom is 0.422 e. The lowest BCUT2D eigenvalue weighted by Crippen LogP contribution is -2.22. The molecular formula is C11H8F6O3. The average Bonchev–Trinajstić information content (AvgIpc) is 2.32. The molecule has 1 rings (SSSR count). The zero-order chi connectivity index (χ0) is 15.4. The fourth-order valence-electron chi connectivity index (χ4n) is 1.21. The van der Waals surface area contributed by atoms with Crippen molar-refractivity contribution < 1.29 is 40.6 Å². The molecule has 0 radical (unpaired) electrons. The van der Waals surface area contributed by atoms with Gasteiger partial charge in [0.1, 0.15) is 0 Å². The van der Waals surface area contributed by atoms with E-state index in [-0.39, 0.29) is 11.8 Å². The third-order valence-electron chi connectivity index (χ3n) is 1.91. The van der Waals surface area contributed by atoms with E-state index in [9.17, 15) is 31.1 Å². The number of benzene rings is 1. The van der Waals surface area contributed by atoms with Gasteiger partial charge in [0.05, 0.1) is 5.56 Å². The lowest BCUT2D eigenvalue weighted by atomic mass is 10.2. The molecule has 0 fully saturated rings. The number of rotatable bonds is 5. The van der Waals surface area contributed by atoms with Crippen LogP contribution in [0.2, 0.25) is 0 Å². The Kier molecular flexibility index (Phi) is 4.85. The molecule has 0 aromatic heterocycles. The van der Waals surface area contributed by atoms with Crippen molar-refractivity contribution in [3.8, 4) is 11.5 Å². The van der Waals surface area contributed by atoms with Crippen LogP contribution in [0.3, 0.4) is 0 Å². The first kappa shape index (κ1) is 16.1. The standard InChI is InChI=1S/C11H8F6O3/c12-10(13,14)5-19-8-3-1-2-7(4-18)9(8)20-6-11(15,16)17/h1-4H,5-6H2. The van der Waals surface area contributed by atoms with Gasteiger partial charge in [0, 0.05) is 0 Å². The van der Waals surface area contributed by atoms with Gasteiger partial charge >= 0.3 is 12.4 Å². The summed E-state index contributed by atoms with van der Waals surface area (Å²) < 4.78 is 80.9. The van der Waals surface area contributed by atoms with E-state index in [0.29, 0.717) is 0 Å². The predicted octanol–water partition coefficient (Wildman–Crippen LogP) is 3.38. The summed E-state index contributed by atoms with van der Waals surface area (Å²) in [6, 6.07) is 3.24. The molecule has 0 atom stereocenters. The molecule has 0 N–H and O–H groups in total. The number of hydrogen-bond donors (Lipinski definition) is 0. The molecule has 0 bridgehead atoms. The number of para-hydroxylation sites is 1. The van der Waals surface area contributed by atoms with Crippen molar-refractivity contribution in [2.45, 2.75) is 12.4 Å². The van der Waals surface area contributed by atoms with Crippen molar-refractivity contribution in [1.82, 2.24) is 0 Å². The van der Waals surface area contributed by atoms with E-state index in [1.807, 2.05) is 0 Å². The minimum Gasteiger partial charge on any atom is -0.480 e. The Morgan fingerprint density at radius 3 is 2.00 bits per heavy atom. The molecule has 0 saturated carbocycles. The average molecular weight is 302 g/mol. The van der Waals surface area contributed by atoms with Gasteiger partial charge in [-0.25, -0.2) is 0 Å². The Balaban J connectivity index is 2.95. The third kappa shape index (κ3) is 5.37. The summed E-state index contributed by atoms with van der Waals surface area (Å²) >= 11 is 0. The third-order valence-corrected chi connectivity index (χ3v) is 1.91. The number of ether oxygens (including phenoxy) is 2. The van der Waals surface area contributed by atoms with Crippen LogP contribution < -0.4 is 9.47 Å². The second-order valence-corrected chi connectivity index (χ2v) is 3.60. The topological polar surface area (TPSA) is 35.5 Å². The SMILES string of the molecule is O=Cc1cccc(OCC(F)(F)F)c1OCC(F)(F)F. The normalized spacial score (nSPS) is 12.1. The molecular weight excluding hydrogens is 294 g/mol. The molecule has 20 heavy (non-hydrogen) atoms. The summed E-state index contributed by atoms with van der Waals surface area (Å²) in [5.74, 6) is -1.26. The molecule has 0 saturated heterocycles. The fraction of sp³-hybridized carbons (Fsp3) is 0.364. The molecule has 1 aromatic rings. The lowest BCUT2D eigenvalue weighted by molar-refractivity contribution is -0.158. The van der Waals surface area contributed by atoms with Gasteiger partial charge in [0.15, 0.2) is 31.0 Å². The van der Waals surface area contributed by atoms with Gasteiger partial charge in [-0.2, -0.15) is 26.3 Å². The summed E-state index contributed by atoms with van der Waals surface area (Å²) in [6.45, 7) is -3.46. The molecule has 0 aliphatic carbocycles. The minimum atomic E-state index is -4.70. The van der Waals surface area contributed by atoms with E-state index in [4.69, 9.17) is 0 Å². The second kappa shape index (κ2) is 6.02. The summed E-state index contributed by atoms with van der Waals surface area (Å²) in [4.78, 5) is 10.7. The van der Waals surface area contributed by atoms with Gasteiger partial charge in [-0.15, -0.1) is 0 Å². The van der Waals surface area contributed by atoms with Crippen molar-refractivity contribution in [1.29, 1.82) is 0 Å². The van der Waals surface area contributed by atoms with E-state index in [1.165, 1.54) is 0 Å². The smallest absolute Gasteiger partial charge is 0.422 e.